The van der Waals surface area contributed by atoms with E-state index in [1.54, 1.807) is 26.8 Å². The number of nitrogens with zero attached hydrogens (tertiary/aromatic N) is 2. The highest BCUT2D eigenvalue weighted by Crippen LogP contribution is 2.43. The van der Waals surface area contributed by atoms with Crippen LogP contribution in [0.5, 0.6) is 5.75 Å². The number of hydrogen-bond donors (Lipinski definition) is 0. The zero-order valence-electron chi connectivity index (χ0n) is 16.7. The van der Waals surface area contributed by atoms with E-state index in [0.29, 0.717) is 12.0 Å². The van der Waals surface area contributed by atoms with Crippen LogP contribution in [0.25, 0.3) is 5.70 Å². The second-order valence-corrected chi connectivity index (χ2v) is 7.16. The van der Waals surface area contributed by atoms with Gasteiger partial charge in [-0.05, 0) is 45.0 Å². The molecule has 0 unspecified atom stereocenters. The first-order chi connectivity index (χ1) is 14.1. The highest BCUT2D eigenvalue weighted by Gasteiger charge is 2.39. The Morgan fingerprint density at radius 1 is 1.23 bits per heavy atom. The topological polar surface area (TPSA) is 60.8 Å². The number of amides is 1. The Kier molecular flexibility index (Phi) is 5.76. The lowest BCUT2D eigenvalue weighted by atomic mass is 9.88. The molecule has 9 heteroatoms. The highest BCUT2D eigenvalue weighted by atomic mass is 19.4. The van der Waals surface area contributed by atoms with Crippen molar-refractivity contribution < 1.29 is 27.5 Å². The standard InChI is InChI=1S/C21H21F3N2O4/c1-4-29-25(13-27)12-16-19(26-10-6-5-7-18(26)28)15-11-14(21(22,23)24)8-9-17(15)30-20(16,2)3/h5-11,13H,4,12H2,1-3H3. The average molecular weight is 422 g/mol. The first-order valence-corrected chi connectivity index (χ1v) is 9.25. The van der Waals surface area contributed by atoms with Crippen molar-refractivity contribution in [2.45, 2.75) is 32.5 Å². The molecule has 0 radical (unpaired) electrons. The molecule has 0 atom stereocenters. The van der Waals surface area contributed by atoms with E-state index < -0.39 is 22.9 Å². The number of rotatable bonds is 6. The fourth-order valence-electron chi connectivity index (χ4n) is 3.35. The van der Waals surface area contributed by atoms with Gasteiger partial charge in [0, 0.05) is 23.4 Å². The lowest BCUT2D eigenvalue weighted by molar-refractivity contribution is -0.168. The van der Waals surface area contributed by atoms with Crippen molar-refractivity contribution >= 4 is 12.1 Å². The van der Waals surface area contributed by atoms with E-state index in [0.717, 1.165) is 17.2 Å². The van der Waals surface area contributed by atoms with Crippen molar-refractivity contribution in [3.8, 4) is 5.75 Å². The molecule has 1 aliphatic heterocycles. The van der Waals surface area contributed by atoms with Gasteiger partial charge >= 0.3 is 6.18 Å². The Morgan fingerprint density at radius 3 is 2.57 bits per heavy atom. The number of hydroxylamine groups is 2. The largest absolute Gasteiger partial charge is 0.483 e. The third-order valence-corrected chi connectivity index (χ3v) is 4.73. The summed E-state index contributed by atoms with van der Waals surface area (Å²) < 4.78 is 47.4. The first kappa shape index (κ1) is 21.6. The summed E-state index contributed by atoms with van der Waals surface area (Å²) in [5.74, 6) is 0.205. The summed E-state index contributed by atoms with van der Waals surface area (Å²) in [6.45, 7) is 5.23. The van der Waals surface area contributed by atoms with E-state index in [1.165, 1.54) is 29.0 Å². The Hall–Kier alpha value is -3.07. The quantitative estimate of drug-likeness (QED) is 0.526. The maximum Gasteiger partial charge on any atom is 0.416 e. The Labute approximate surface area is 171 Å². The van der Waals surface area contributed by atoms with E-state index in [4.69, 9.17) is 9.57 Å². The zero-order chi connectivity index (χ0) is 22.1. The van der Waals surface area contributed by atoms with Crippen LogP contribution in [0, 0.1) is 0 Å². The van der Waals surface area contributed by atoms with Crippen LogP contribution in [-0.2, 0) is 15.8 Å². The van der Waals surface area contributed by atoms with Gasteiger partial charge in [-0.1, -0.05) is 6.07 Å². The summed E-state index contributed by atoms with van der Waals surface area (Å²) in [5.41, 5.74) is -1.58. The van der Waals surface area contributed by atoms with E-state index in [2.05, 4.69) is 0 Å². The Morgan fingerprint density at radius 2 is 1.97 bits per heavy atom. The van der Waals surface area contributed by atoms with Crippen LogP contribution >= 0.6 is 0 Å². The number of benzene rings is 1. The second kappa shape index (κ2) is 7.98. The molecule has 2 heterocycles. The summed E-state index contributed by atoms with van der Waals surface area (Å²) in [6.07, 6.45) is -2.64. The van der Waals surface area contributed by atoms with Gasteiger partial charge in [0.2, 0.25) is 6.41 Å². The van der Waals surface area contributed by atoms with Gasteiger partial charge in [0.25, 0.3) is 5.56 Å². The van der Waals surface area contributed by atoms with Crippen LogP contribution in [0.15, 0.2) is 53.0 Å². The summed E-state index contributed by atoms with van der Waals surface area (Å²) >= 11 is 0. The number of alkyl halides is 3. The average Bonchev–Trinajstić information content (AvgIpc) is 2.67. The number of ether oxygens (including phenoxy) is 1. The van der Waals surface area contributed by atoms with Gasteiger partial charge in [-0.3, -0.25) is 19.0 Å². The molecule has 2 aromatic rings. The maximum absolute atomic E-state index is 13.4. The number of carbonyl (C=O) groups excluding carboxylic acids is 1. The zero-order valence-corrected chi connectivity index (χ0v) is 16.7. The van der Waals surface area contributed by atoms with Crippen molar-refractivity contribution in [1.29, 1.82) is 0 Å². The van der Waals surface area contributed by atoms with Crippen LogP contribution in [0.4, 0.5) is 13.2 Å². The SMILES string of the molecule is CCON(C=O)CC1=C(n2ccccc2=O)c2cc(C(F)(F)F)ccc2OC1(C)C. The molecule has 0 spiro atoms. The number of fused-ring (bicyclic) bond motifs is 1. The van der Waals surface area contributed by atoms with Crippen molar-refractivity contribution in [3.63, 3.8) is 0 Å². The lowest BCUT2D eigenvalue weighted by Crippen LogP contribution is -2.42. The third-order valence-electron chi connectivity index (χ3n) is 4.73. The molecular formula is C21H21F3N2O4. The Balaban J connectivity index is 2.34. The molecule has 0 fully saturated rings. The molecule has 3 rings (SSSR count). The fraction of sp³-hybridized carbons (Fsp3) is 0.333. The summed E-state index contributed by atoms with van der Waals surface area (Å²) in [6, 6.07) is 7.57. The first-order valence-electron chi connectivity index (χ1n) is 9.25. The molecule has 0 saturated carbocycles. The molecule has 6 nitrogen and oxygen atoms in total. The number of carbonyl (C=O) groups is 1. The molecule has 1 aromatic carbocycles. The van der Waals surface area contributed by atoms with Crippen molar-refractivity contribution in [2.24, 2.45) is 0 Å². The fourth-order valence-corrected chi connectivity index (χ4v) is 3.35. The van der Waals surface area contributed by atoms with Gasteiger partial charge in [0.1, 0.15) is 11.4 Å². The molecule has 1 aromatic heterocycles. The van der Waals surface area contributed by atoms with Crippen LogP contribution in [0.1, 0.15) is 31.9 Å². The molecule has 0 bridgehead atoms. The maximum atomic E-state index is 13.4. The van der Waals surface area contributed by atoms with Crippen molar-refractivity contribution in [1.82, 2.24) is 9.63 Å². The monoisotopic (exact) mass is 422 g/mol. The highest BCUT2D eigenvalue weighted by molar-refractivity contribution is 5.77. The minimum absolute atomic E-state index is 0.101. The van der Waals surface area contributed by atoms with E-state index in [9.17, 15) is 22.8 Å². The van der Waals surface area contributed by atoms with Gasteiger partial charge < -0.3 is 4.74 Å². The molecule has 0 N–H and O–H groups in total. The predicted octanol–water partition coefficient (Wildman–Crippen LogP) is 3.71. The lowest BCUT2D eigenvalue weighted by Gasteiger charge is -2.38. The molecule has 0 saturated heterocycles. The molecule has 1 aliphatic rings. The van der Waals surface area contributed by atoms with Crippen LogP contribution in [-0.4, -0.2) is 34.8 Å². The molecule has 30 heavy (non-hydrogen) atoms. The normalized spacial score (nSPS) is 15.4. The molecular weight excluding hydrogens is 401 g/mol. The smallest absolute Gasteiger partial charge is 0.416 e. The van der Waals surface area contributed by atoms with Gasteiger partial charge in [0.05, 0.1) is 24.4 Å². The van der Waals surface area contributed by atoms with Gasteiger partial charge in [-0.25, -0.2) is 5.06 Å². The van der Waals surface area contributed by atoms with Gasteiger partial charge in [-0.15, -0.1) is 0 Å². The number of pyridine rings is 1. The minimum Gasteiger partial charge on any atom is -0.483 e. The van der Waals surface area contributed by atoms with Crippen LogP contribution < -0.4 is 10.3 Å². The van der Waals surface area contributed by atoms with Crippen LogP contribution in [0.2, 0.25) is 0 Å². The predicted molar refractivity (Wildman–Crippen MR) is 104 cm³/mol. The Bertz CT molecular complexity index is 1040. The summed E-state index contributed by atoms with van der Waals surface area (Å²) in [7, 11) is 0. The number of halogens is 3. The molecule has 0 aliphatic carbocycles. The number of aromatic nitrogens is 1. The van der Waals surface area contributed by atoms with Crippen molar-refractivity contribution in [2.75, 3.05) is 13.2 Å². The molecule has 1 amide bonds. The third kappa shape index (κ3) is 4.11. The van der Waals surface area contributed by atoms with Gasteiger partial charge in [0.15, 0.2) is 0 Å². The minimum atomic E-state index is -4.57. The van der Waals surface area contributed by atoms with E-state index in [-0.39, 0.29) is 30.2 Å². The summed E-state index contributed by atoms with van der Waals surface area (Å²) in [4.78, 5) is 29.3. The number of hydrogen-bond acceptors (Lipinski definition) is 4. The second-order valence-electron chi connectivity index (χ2n) is 7.16. The van der Waals surface area contributed by atoms with E-state index in [1.807, 2.05) is 0 Å². The van der Waals surface area contributed by atoms with Crippen LogP contribution in [0.3, 0.4) is 0 Å². The van der Waals surface area contributed by atoms with E-state index >= 15 is 0 Å². The van der Waals surface area contributed by atoms with Gasteiger partial charge in [-0.2, -0.15) is 13.2 Å². The summed E-state index contributed by atoms with van der Waals surface area (Å²) in [5, 5.41) is 1.02. The van der Waals surface area contributed by atoms with Crippen molar-refractivity contribution in [3.05, 3.63) is 69.6 Å². The molecule has 160 valence electrons.